The number of hydrogen-bond donors (Lipinski definition) is 1. The Balaban J connectivity index is 2.12. The standard InChI is InChI=1S/C9H17NO3/c1-4-5-6-7(8(10)11-5)13-9(2,3)12-6/h5-8H,4,10H2,1-3H3/t5-,6+,7?,8?/m1/s1. The highest BCUT2D eigenvalue weighted by Crippen LogP contribution is 2.37. The van der Waals surface area contributed by atoms with Crippen LogP contribution in [-0.2, 0) is 14.2 Å². The number of hydrogen-bond acceptors (Lipinski definition) is 4. The number of ether oxygens (including phenoxy) is 3. The van der Waals surface area contributed by atoms with Crippen LogP contribution in [0.1, 0.15) is 27.2 Å². The van der Waals surface area contributed by atoms with Gasteiger partial charge in [-0.15, -0.1) is 0 Å². The number of nitrogens with two attached hydrogens (primary N) is 1. The van der Waals surface area contributed by atoms with Crippen molar-refractivity contribution in [3.05, 3.63) is 0 Å². The van der Waals surface area contributed by atoms with Crippen LogP contribution in [0.15, 0.2) is 0 Å². The van der Waals surface area contributed by atoms with E-state index in [0.29, 0.717) is 0 Å². The van der Waals surface area contributed by atoms with Crippen molar-refractivity contribution < 1.29 is 14.2 Å². The van der Waals surface area contributed by atoms with E-state index in [1.165, 1.54) is 0 Å². The molecule has 2 unspecified atom stereocenters. The van der Waals surface area contributed by atoms with Crippen molar-refractivity contribution >= 4 is 0 Å². The molecule has 2 saturated heterocycles. The second kappa shape index (κ2) is 2.92. The Labute approximate surface area is 78.3 Å². The van der Waals surface area contributed by atoms with E-state index in [1.54, 1.807) is 0 Å². The molecule has 76 valence electrons. The first-order valence-corrected chi connectivity index (χ1v) is 4.80. The van der Waals surface area contributed by atoms with E-state index in [0.717, 1.165) is 6.42 Å². The molecule has 2 rings (SSSR count). The molecule has 0 radical (unpaired) electrons. The third-order valence-electron chi connectivity index (χ3n) is 2.59. The van der Waals surface area contributed by atoms with Gasteiger partial charge in [0.25, 0.3) is 0 Å². The predicted molar refractivity (Wildman–Crippen MR) is 47.0 cm³/mol. The Hall–Kier alpha value is -0.160. The molecule has 0 spiro atoms. The van der Waals surface area contributed by atoms with Gasteiger partial charge in [0.1, 0.15) is 18.4 Å². The number of fused-ring (bicyclic) bond motifs is 1. The normalized spacial score (nSPS) is 48.0. The van der Waals surface area contributed by atoms with E-state index in [9.17, 15) is 0 Å². The molecule has 2 aliphatic heterocycles. The van der Waals surface area contributed by atoms with Crippen molar-refractivity contribution in [2.45, 2.75) is 57.5 Å². The maximum atomic E-state index is 5.78. The largest absolute Gasteiger partial charge is 0.355 e. The first-order valence-electron chi connectivity index (χ1n) is 4.80. The van der Waals surface area contributed by atoms with Gasteiger partial charge in [0.15, 0.2) is 5.79 Å². The predicted octanol–water partition coefficient (Wildman–Crippen LogP) is 0.600. The molecular weight excluding hydrogens is 170 g/mol. The fourth-order valence-corrected chi connectivity index (χ4v) is 2.04. The molecule has 2 heterocycles. The average Bonchev–Trinajstić information content (AvgIpc) is 2.47. The van der Waals surface area contributed by atoms with Gasteiger partial charge in [0.05, 0.1) is 6.10 Å². The van der Waals surface area contributed by atoms with Crippen LogP contribution >= 0.6 is 0 Å². The summed E-state index contributed by atoms with van der Waals surface area (Å²) in [4.78, 5) is 0. The van der Waals surface area contributed by atoms with Crippen molar-refractivity contribution in [3.8, 4) is 0 Å². The van der Waals surface area contributed by atoms with Crippen LogP contribution in [0.4, 0.5) is 0 Å². The Kier molecular flexibility index (Phi) is 2.11. The monoisotopic (exact) mass is 187 g/mol. The number of rotatable bonds is 1. The van der Waals surface area contributed by atoms with Crippen LogP contribution in [0.25, 0.3) is 0 Å². The third kappa shape index (κ3) is 1.48. The molecule has 0 aromatic rings. The third-order valence-corrected chi connectivity index (χ3v) is 2.59. The maximum absolute atomic E-state index is 5.78. The molecule has 2 aliphatic rings. The van der Waals surface area contributed by atoms with Gasteiger partial charge >= 0.3 is 0 Å². The highest BCUT2D eigenvalue weighted by atomic mass is 16.8. The van der Waals surface area contributed by atoms with E-state index in [1.807, 2.05) is 13.8 Å². The van der Waals surface area contributed by atoms with Crippen molar-refractivity contribution in [2.24, 2.45) is 5.73 Å². The van der Waals surface area contributed by atoms with Gasteiger partial charge in [-0.3, -0.25) is 0 Å². The summed E-state index contributed by atoms with van der Waals surface area (Å²) in [5, 5.41) is 0. The highest BCUT2D eigenvalue weighted by molar-refractivity contribution is 4.95. The molecule has 2 N–H and O–H groups in total. The van der Waals surface area contributed by atoms with Crippen LogP contribution in [0.5, 0.6) is 0 Å². The van der Waals surface area contributed by atoms with Gasteiger partial charge < -0.3 is 19.9 Å². The zero-order valence-corrected chi connectivity index (χ0v) is 8.32. The summed E-state index contributed by atoms with van der Waals surface area (Å²) < 4.78 is 16.9. The molecule has 0 aromatic heterocycles. The minimum Gasteiger partial charge on any atom is -0.355 e. The van der Waals surface area contributed by atoms with Crippen LogP contribution in [-0.4, -0.2) is 30.3 Å². The van der Waals surface area contributed by atoms with Crippen molar-refractivity contribution in [3.63, 3.8) is 0 Å². The van der Waals surface area contributed by atoms with E-state index in [4.69, 9.17) is 19.9 Å². The van der Waals surface area contributed by atoms with Crippen LogP contribution in [0.2, 0.25) is 0 Å². The van der Waals surface area contributed by atoms with Crippen molar-refractivity contribution in [1.82, 2.24) is 0 Å². The van der Waals surface area contributed by atoms with Crippen LogP contribution in [0.3, 0.4) is 0 Å². The fourth-order valence-electron chi connectivity index (χ4n) is 2.04. The molecule has 2 fully saturated rings. The van der Waals surface area contributed by atoms with E-state index in [2.05, 4.69) is 6.92 Å². The Morgan fingerprint density at radius 1 is 1.23 bits per heavy atom. The zero-order valence-electron chi connectivity index (χ0n) is 8.32. The Morgan fingerprint density at radius 3 is 2.46 bits per heavy atom. The summed E-state index contributed by atoms with van der Waals surface area (Å²) in [6, 6.07) is 0. The molecule has 4 nitrogen and oxygen atoms in total. The molecule has 0 aliphatic carbocycles. The molecule has 13 heavy (non-hydrogen) atoms. The van der Waals surface area contributed by atoms with Crippen molar-refractivity contribution in [2.75, 3.05) is 0 Å². The summed E-state index contributed by atoms with van der Waals surface area (Å²) in [7, 11) is 0. The van der Waals surface area contributed by atoms with Gasteiger partial charge in [-0.1, -0.05) is 6.92 Å². The molecule has 0 saturated carbocycles. The molecule has 4 heteroatoms. The molecule has 0 amide bonds. The lowest BCUT2D eigenvalue weighted by molar-refractivity contribution is -0.186. The first-order chi connectivity index (χ1) is 6.03. The maximum Gasteiger partial charge on any atom is 0.164 e. The van der Waals surface area contributed by atoms with E-state index < -0.39 is 5.79 Å². The van der Waals surface area contributed by atoms with Crippen LogP contribution < -0.4 is 5.73 Å². The summed E-state index contributed by atoms with van der Waals surface area (Å²) >= 11 is 0. The topological polar surface area (TPSA) is 53.7 Å². The summed E-state index contributed by atoms with van der Waals surface area (Å²) in [5.41, 5.74) is 5.78. The minimum absolute atomic E-state index is 0.00926. The van der Waals surface area contributed by atoms with E-state index >= 15 is 0 Å². The first kappa shape index (κ1) is 9.40. The molecular formula is C9H17NO3. The average molecular weight is 187 g/mol. The highest BCUT2D eigenvalue weighted by Gasteiger charge is 2.53. The quantitative estimate of drug-likeness (QED) is 0.653. The van der Waals surface area contributed by atoms with Gasteiger partial charge in [0.2, 0.25) is 0 Å². The zero-order chi connectivity index (χ0) is 9.64. The fraction of sp³-hybridized carbons (Fsp3) is 1.00. The smallest absolute Gasteiger partial charge is 0.164 e. The summed E-state index contributed by atoms with van der Waals surface area (Å²) in [6.45, 7) is 5.88. The Morgan fingerprint density at radius 2 is 1.85 bits per heavy atom. The lowest BCUT2D eigenvalue weighted by atomic mass is 10.1. The molecule has 0 bridgehead atoms. The SMILES string of the molecule is CC[C@H]1OC(N)C2OC(C)(C)O[C@H]21. The Bertz CT molecular complexity index is 207. The van der Waals surface area contributed by atoms with Gasteiger partial charge in [-0.25, -0.2) is 0 Å². The van der Waals surface area contributed by atoms with Gasteiger partial charge in [-0.2, -0.15) is 0 Å². The molecule has 0 aromatic carbocycles. The minimum atomic E-state index is -0.510. The van der Waals surface area contributed by atoms with Gasteiger partial charge in [-0.05, 0) is 20.3 Å². The second-order valence-corrected chi connectivity index (χ2v) is 4.11. The second-order valence-electron chi connectivity index (χ2n) is 4.11. The lowest BCUT2D eigenvalue weighted by Gasteiger charge is -2.22. The summed E-state index contributed by atoms with van der Waals surface area (Å²) in [6.07, 6.45) is 0.572. The van der Waals surface area contributed by atoms with E-state index in [-0.39, 0.29) is 24.5 Å². The lowest BCUT2D eigenvalue weighted by Crippen LogP contribution is -2.35. The summed E-state index contributed by atoms with van der Waals surface area (Å²) in [5.74, 6) is -0.510. The van der Waals surface area contributed by atoms with Gasteiger partial charge in [0, 0.05) is 0 Å². The van der Waals surface area contributed by atoms with Crippen molar-refractivity contribution in [1.29, 1.82) is 0 Å². The molecule has 4 atom stereocenters. The van der Waals surface area contributed by atoms with Crippen LogP contribution in [0, 0.1) is 0 Å².